The van der Waals surface area contributed by atoms with Gasteiger partial charge in [0.1, 0.15) is 5.60 Å². The van der Waals surface area contributed by atoms with Crippen LogP contribution < -0.4 is 10.6 Å². The fourth-order valence-corrected chi connectivity index (χ4v) is 3.08. The van der Waals surface area contributed by atoms with E-state index in [4.69, 9.17) is 16.3 Å². The molecule has 5 heteroatoms. The lowest BCUT2D eigenvalue weighted by atomic mass is 10.1. The number of carbonyl (C=O) groups excluding carboxylic acids is 1. The third-order valence-corrected chi connectivity index (χ3v) is 4.24. The Bertz CT molecular complexity index is 554. The van der Waals surface area contributed by atoms with Crippen LogP contribution in [0.5, 0.6) is 0 Å². The van der Waals surface area contributed by atoms with E-state index in [1.165, 1.54) is 11.1 Å². The molecule has 1 aromatic carbocycles. The van der Waals surface area contributed by atoms with Crippen LogP contribution in [0.4, 0.5) is 4.79 Å². The predicted octanol–water partition coefficient (Wildman–Crippen LogP) is 4.22. The summed E-state index contributed by atoms with van der Waals surface area (Å²) in [6.07, 6.45) is 2.69. The maximum absolute atomic E-state index is 11.8. The first-order valence-corrected chi connectivity index (χ1v) is 8.67. The van der Waals surface area contributed by atoms with Crippen LogP contribution in [-0.4, -0.2) is 24.3 Å². The van der Waals surface area contributed by atoms with Gasteiger partial charge in [0, 0.05) is 23.7 Å². The highest BCUT2D eigenvalue weighted by Gasteiger charge is 2.25. The summed E-state index contributed by atoms with van der Waals surface area (Å²) < 4.78 is 5.28. The first-order valence-electron chi connectivity index (χ1n) is 8.29. The summed E-state index contributed by atoms with van der Waals surface area (Å²) in [5, 5.41) is 7.29. The van der Waals surface area contributed by atoms with Gasteiger partial charge in [0.05, 0.1) is 0 Å². The molecule has 0 spiro atoms. The van der Waals surface area contributed by atoms with Crippen LogP contribution in [0.25, 0.3) is 0 Å². The lowest BCUT2D eigenvalue weighted by Crippen LogP contribution is -2.43. The van der Waals surface area contributed by atoms with Crippen molar-refractivity contribution < 1.29 is 9.53 Å². The zero-order chi connectivity index (χ0) is 17.0. The van der Waals surface area contributed by atoms with Crippen molar-refractivity contribution in [3.05, 3.63) is 34.3 Å². The van der Waals surface area contributed by atoms with E-state index >= 15 is 0 Å². The van der Waals surface area contributed by atoms with E-state index in [2.05, 4.69) is 29.7 Å². The van der Waals surface area contributed by atoms with Gasteiger partial charge in [-0.25, -0.2) is 4.79 Å². The second kappa shape index (κ2) is 7.54. The maximum Gasteiger partial charge on any atom is 0.407 e. The summed E-state index contributed by atoms with van der Waals surface area (Å²) in [6, 6.07) is 6.65. The summed E-state index contributed by atoms with van der Waals surface area (Å²) in [6.45, 7) is 8.27. The molecule has 0 fully saturated rings. The first-order chi connectivity index (χ1) is 10.8. The molecule has 128 valence electrons. The second-order valence-corrected chi connectivity index (χ2v) is 7.53. The smallest absolute Gasteiger partial charge is 0.407 e. The molecule has 1 aromatic rings. The van der Waals surface area contributed by atoms with Crippen LogP contribution in [0, 0.1) is 0 Å². The molecule has 0 aliphatic heterocycles. The Morgan fingerprint density at radius 1 is 1.43 bits per heavy atom. The molecule has 0 heterocycles. The van der Waals surface area contributed by atoms with Crippen LogP contribution >= 0.6 is 11.6 Å². The van der Waals surface area contributed by atoms with Crippen molar-refractivity contribution in [3.8, 4) is 0 Å². The molecule has 2 atom stereocenters. The molecular weight excluding hydrogens is 312 g/mol. The van der Waals surface area contributed by atoms with Gasteiger partial charge in [-0.15, -0.1) is 0 Å². The Labute approximate surface area is 143 Å². The number of amides is 1. The molecule has 23 heavy (non-hydrogen) atoms. The third-order valence-electron chi connectivity index (χ3n) is 4.00. The van der Waals surface area contributed by atoms with Gasteiger partial charge in [0.25, 0.3) is 0 Å². The number of halogens is 1. The van der Waals surface area contributed by atoms with Gasteiger partial charge in [0.15, 0.2) is 0 Å². The molecule has 1 aliphatic rings. The molecule has 1 aliphatic carbocycles. The standard InChI is InChI=1S/C18H27ClN2O2/c1-5-14(11-20-17(22)23-18(2,3)4)21-16-9-6-12-10-13(19)7-8-15(12)16/h7-8,10,14,16,21H,5-6,9,11H2,1-4H3,(H,20,22). The zero-order valence-corrected chi connectivity index (χ0v) is 15.2. The van der Waals surface area contributed by atoms with E-state index in [1.54, 1.807) is 0 Å². The predicted molar refractivity (Wildman–Crippen MR) is 94.0 cm³/mol. The number of ether oxygens (including phenoxy) is 1. The number of hydrogen-bond donors (Lipinski definition) is 2. The number of fused-ring (bicyclic) bond motifs is 1. The molecule has 2 rings (SSSR count). The molecule has 0 aromatic heterocycles. The van der Waals surface area contributed by atoms with Crippen molar-refractivity contribution in [1.29, 1.82) is 0 Å². The fraction of sp³-hybridized carbons (Fsp3) is 0.611. The SMILES string of the molecule is CCC(CNC(=O)OC(C)(C)C)NC1CCc2cc(Cl)ccc21. The summed E-state index contributed by atoms with van der Waals surface area (Å²) >= 11 is 6.06. The molecule has 4 nitrogen and oxygen atoms in total. The van der Waals surface area contributed by atoms with Gasteiger partial charge >= 0.3 is 6.09 Å². The molecule has 0 saturated heterocycles. The highest BCUT2D eigenvalue weighted by atomic mass is 35.5. The summed E-state index contributed by atoms with van der Waals surface area (Å²) in [5.41, 5.74) is 2.18. The van der Waals surface area contributed by atoms with Crippen molar-refractivity contribution in [2.75, 3.05) is 6.54 Å². The third kappa shape index (κ3) is 5.40. The van der Waals surface area contributed by atoms with Gasteiger partial charge in [-0.3, -0.25) is 0 Å². The second-order valence-electron chi connectivity index (χ2n) is 7.09. The van der Waals surface area contributed by atoms with Gasteiger partial charge < -0.3 is 15.4 Å². The number of carbonyl (C=O) groups is 1. The summed E-state index contributed by atoms with van der Waals surface area (Å²) in [5.74, 6) is 0. The van der Waals surface area contributed by atoms with E-state index in [9.17, 15) is 4.79 Å². The Balaban J connectivity index is 1.88. The van der Waals surface area contributed by atoms with Gasteiger partial charge in [0.2, 0.25) is 0 Å². The quantitative estimate of drug-likeness (QED) is 0.845. The summed E-state index contributed by atoms with van der Waals surface area (Å²) in [7, 11) is 0. The molecule has 2 unspecified atom stereocenters. The number of alkyl carbamates (subject to hydrolysis) is 1. The Kier molecular flexibility index (Phi) is 5.93. The average Bonchev–Trinajstić information content (AvgIpc) is 2.83. The largest absolute Gasteiger partial charge is 0.444 e. The molecule has 0 radical (unpaired) electrons. The van der Waals surface area contributed by atoms with Crippen LogP contribution in [0.3, 0.4) is 0 Å². The van der Waals surface area contributed by atoms with E-state index < -0.39 is 5.60 Å². The van der Waals surface area contributed by atoms with E-state index in [1.807, 2.05) is 26.8 Å². The van der Waals surface area contributed by atoms with Crippen molar-refractivity contribution in [1.82, 2.24) is 10.6 Å². The molecule has 1 amide bonds. The lowest BCUT2D eigenvalue weighted by molar-refractivity contribution is 0.0521. The Morgan fingerprint density at radius 2 is 2.17 bits per heavy atom. The van der Waals surface area contributed by atoms with Crippen LogP contribution in [0.15, 0.2) is 18.2 Å². The Hall–Kier alpha value is -1.26. The van der Waals surface area contributed by atoms with Crippen molar-refractivity contribution in [3.63, 3.8) is 0 Å². The topological polar surface area (TPSA) is 50.4 Å². The number of nitrogens with one attached hydrogen (secondary N) is 2. The first kappa shape index (κ1) is 18.1. The van der Waals surface area contributed by atoms with Crippen LogP contribution in [0.2, 0.25) is 5.02 Å². The number of benzene rings is 1. The number of hydrogen-bond acceptors (Lipinski definition) is 3. The highest BCUT2D eigenvalue weighted by Crippen LogP contribution is 2.33. The average molecular weight is 339 g/mol. The number of aryl methyl sites for hydroxylation is 1. The Morgan fingerprint density at radius 3 is 2.83 bits per heavy atom. The monoisotopic (exact) mass is 338 g/mol. The molecular formula is C18H27ClN2O2. The van der Waals surface area contributed by atoms with Gasteiger partial charge in [-0.1, -0.05) is 24.6 Å². The van der Waals surface area contributed by atoms with Crippen LogP contribution in [-0.2, 0) is 11.2 Å². The van der Waals surface area contributed by atoms with Crippen molar-refractivity contribution >= 4 is 17.7 Å². The van der Waals surface area contributed by atoms with Gasteiger partial charge in [-0.05, 0) is 63.3 Å². The van der Waals surface area contributed by atoms with Crippen molar-refractivity contribution in [2.45, 2.75) is 64.6 Å². The lowest BCUT2D eigenvalue weighted by Gasteiger charge is -2.24. The van der Waals surface area contributed by atoms with Gasteiger partial charge in [-0.2, -0.15) is 0 Å². The molecule has 2 N–H and O–H groups in total. The van der Waals surface area contributed by atoms with E-state index in [-0.39, 0.29) is 12.1 Å². The minimum absolute atomic E-state index is 0.217. The normalized spacial score (nSPS) is 18.4. The maximum atomic E-state index is 11.8. The minimum atomic E-state index is -0.469. The molecule has 0 bridgehead atoms. The number of rotatable bonds is 5. The summed E-state index contributed by atoms with van der Waals surface area (Å²) in [4.78, 5) is 11.8. The highest BCUT2D eigenvalue weighted by molar-refractivity contribution is 6.30. The fourth-order valence-electron chi connectivity index (χ4n) is 2.89. The van der Waals surface area contributed by atoms with E-state index in [0.29, 0.717) is 12.6 Å². The van der Waals surface area contributed by atoms with Crippen molar-refractivity contribution in [2.24, 2.45) is 0 Å². The molecule has 0 saturated carbocycles. The van der Waals surface area contributed by atoms with E-state index in [0.717, 1.165) is 24.3 Å². The van der Waals surface area contributed by atoms with Crippen LogP contribution in [0.1, 0.15) is 57.7 Å². The zero-order valence-electron chi connectivity index (χ0n) is 14.4. The minimum Gasteiger partial charge on any atom is -0.444 e.